The van der Waals surface area contributed by atoms with E-state index < -0.39 is 17.4 Å². The summed E-state index contributed by atoms with van der Waals surface area (Å²) in [6.07, 6.45) is -0.925. The first-order valence-electron chi connectivity index (χ1n) is 7.99. The minimum atomic E-state index is -0.925. The molecule has 0 saturated heterocycles. The molecule has 0 bridgehead atoms. The summed E-state index contributed by atoms with van der Waals surface area (Å²) in [7, 11) is 2.89. The van der Waals surface area contributed by atoms with E-state index in [1.54, 1.807) is 0 Å². The summed E-state index contributed by atoms with van der Waals surface area (Å²) in [4.78, 5) is 28.5. The van der Waals surface area contributed by atoms with Crippen molar-refractivity contribution in [1.82, 2.24) is 18.7 Å². The van der Waals surface area contributed by atoms with Crippen LogP contribution in [-0.2, 0) is 20.6 Å². The number of fused-ring (bicyclic) bond motifs is 1. The molecule has 0 radical (unpaired) electrons. The van der Waals surface area contributed by atoms with Gasteiger partial charge in [-0.2, -0.15) is 4.98 Å². The number of aliphatic hydroxyl groups excluding tert-OH is 1. The molecule has 1 unspecified atom stereocenters. The van der Waals surface area contributed by atoms with Gasteiger partial charge in [-0.1, -0.05) is 18.2 Å². The van der Waals surface area contributed by atoms with E-state index in [0.717, 1.165) is 10.1 Å². The van der Waals surface area contributed by atoms with Crippen LogP contribution in [0.3, 0.4) is 0 Å². The zero-order chi connectivity index (χ0) is 19.0. The summed E-state index contributed by atoms with van der Waals surface area (Å²) in [6, 6.07) is 7.47. The van der Waals surface area contributed by atoms with Crippen LogP contribution in [0.25, 0.3) is 11.2 Å². The third-order valence-corrected chi connectivity index (χ3v) is 4.51. The standard InChI is InChI=1S/C17H19ClN4O4/c1-10-6-4-5-7-12(10)26-9-11(23)8-22-13-14(19-16(22)18)20(2)17(25)21(3)15(13)24/h4-7,11,23H,8-9H2,1-3H3. The van der Waals surface area contributed by atoms with Crippen LogP contribution in [0.4, 0.5) is 0 Å². The summed E-state index contributed by atoms with van der Waals surface area (Å²) < 4.78 is 9.25. The largest absolute Gasteiger partial charge is 0.491 e. The number of nitrogens with zero attached hydrogens (tertiary/aromatic N) is 4. The second-order valence-corrected chi connectivity index (χ2v) is 6.44. The molecule has 3 aromatic rings. The van der Waals surface area contributed by atoms with Crippen molar-refractivity contribution in [2.24, 2.45) is 14.1 Å². The minimum Gasteiger partial charge on any atom is -0.491 e. The normalized spacial score (nSPS) is 12.5. The van der Waals surface area contributed by atoms with E-state index >= 15 is 0 Å². The molecular formula is C17H19ClN4O4. The van der Waals surface area contributed by atoms with Crippen molar-refractivity contribution in [2.45, 2.75) is 19.6 Å². The Balaban J connectivity index is 1.89. The second kappa shape index (κ2) is 6.97. The SMILES string of the molecule is Cc1ccccc1OCC(O)Cn1c(Cl)nc2c1c(=O)n(C)c(=O)n2C. The molecule has 2 aromatic heterocycles. The highest BCUT2D eigenvalue weighted by Crippen LogP contribution is 2.18. The van der Waals surface area contributed by atoms with Crippen molar-refractivity contribution in [3.63, 3.8) is 0 Å². The fourth-order valence-corrected chi connectivity index (χ4v) is 2.99. The number of rotatable bonds is 5. The zero-order valence-electron chi connectivity index (χ0n) is 14.6. The summed E-state index contributed by atoms with van der Waals surface area (Å²) >= 11 is 6.14. The van der Waals surface area contributed by atoms with Gasteiger partial charge < -0.3 is 14.4 Å². The number of para-hydroxylation sites is 1. The average Bonchev–Trinajstić information content (AvgIpc) is 2.94. The number of hydrogen-bond acceptors (Lipinski definition) is 5. The summed E-state index contributed by atoms with van der Waals surface area (Å²) in [5.74, 6) is 0.673. The van der Waals surface area contributed by atoms with Crippen molar-refractivity contribution in [1.29, 1.82) is 0 Å². The van der Waals surface area contributed by atoms with Gasteiger partial charge >= 0.3 is 5.69 Å². The number of aryl methyl sites for hydroxylation is 2. The number of aliphatic hydroxyl groups is 1. The lowest BCUT2D eigenvalue weighted by molar-refractivity contribution is 0.0931. The first-order chi connectivity index (χ1) is 12.3. The molecule has 0 spiro atoms. The van der Waals surface area contributed by atoms with E-state index in [-0.39, 0.29) is 29.6 Å². The van der Waals surface area contributed by atoms with E-state index in [2.05, 4.69) is 4.98 Å². The lowest BCUT2D eigenvalue weighted by Gasteiger charge is -2.15. The molecule has 9 heteroatoms. The van der Waals surface area contributed by atoms with Gasteiger partial charge in [0.05, 0.1) is 6.54 Å². The molecule has 2 heterocycles. The fourth-order valence-electron chi connectivity index (χ4n) is 2.75. The van der Waals surface area contributed by atoms with E-state index in [0.29, 0.717) is 5.75 Å². The summed E-state index contributed by atoms with van der Waals surface area (Å²) in [5, 5.41) is 10.4. The van der Waals surface area contributed by atoms with Gasteiger partial charge in [0.25, 0.3) is 5.56 Å². The molecule has 0 aliphatic heterocycles. The van der Waals surface area contributed by atoms with E-state index in [9.17, 15) is 14.7 Å². The van der Waals surface area contributed by atoms with Crippen molar-refractivity contribution < 1.29 is 9.84 Å². The van der Waals surface area contributed by atoms with Crippen LogP contribution in [0.1, 0.15) is 5.56 Å². The smallest absolute Gasteiger partial charge is 0.332 e. The second-order valence-electron chi connectivity index (χ2n) is 6.10. The highest BCUT2D eigenvalue weighted by atomic mass is 35.5. The molecule has 138 valence electrons. The van der Waals surface area contributed by atoms with Crippen molar-refractivity contribution in [2.75, 3.05) is 6.61 Å². The number of ether oxygens (including phenoxy) is 1. The first-order valence-corrected chi connectivity index (χ1v) is 8.37. The lowest BCUT2D eigenvalue weighted by atomic mass is 10.2. The van der Waals surface area contributed by atoms with Crippen molar-refractivity contribution in [3.05, 3.63) is 56.0 Å². The molecule has 1 atom stereocenters. The predicted octanol–water partition coefficient (Wildman–Crippen LogP) is 0.835. The maximum absolute atomic E-state index is 12.5. The van der Waals surface area contributed by atoms with Gasteiger partial charge in [0.15, 0.2) is 11.2 Å². The summed E-state index contributed by atoms with van der Waals surface area (Å²) in [6.45, 7) is 1.94. The van der Waals surface area contributed by atoms with Crippen LogP contribution in [0.5, 0.6) is 5.75 Å². The van der Waals surface area contributed by atoms with Crippen molar-refractivity contribution >= 4 is 22.8 Å². The molecule has 8 nitrogen and oxygen atoms in total. The number of halogens is 1. The van der Waals surface area contributed by atoms with Gasteiger partial charge in [-0.05, 0) is 30.2 Å². The van der Waals surface area contributed by atoms with Gasteiger partial charge in [-0.25, -0.2) is 4.79 Å². The number of benzene rings is 1. The van der Waals surface area contributed by atoms with Crippen molar-refractivity contribution in [3.8, 4) is 5.75 Å². The Kier molecular flexibility index (Phi) is 4.88. The van der Waals surface area contributed by atoms with E-state index in [1.807, 2.05) is 31.2 Å². The Morgan fingerprint density at radius 1 is 1.23 bits per heavy atom. The van der Waals surface area contributed by atoms with Crippen LogP contribution in [0.2, 0.25) is 5.28 Å². The maximum Gasteiger partial charge on any atom is 0.332 e. The Morgan fingerprint density at radius 3 is 2.62 bits per heavy atom. The minimum absolute atomic E-state index is 0.00859. The van der Waals surface area contributed by atoms with Crippen LogP contribution >= 0.6 is 11.6 Å². The molecular weight excluding hydrogens is 360 g/mol. The van der Waals surface area contributed by atoms with Gasteiger partial charge in [0, 0.05) is 14.1 Å². The van der Waals surface area contributed by atoms with Gasteiger partial charge in [-0.15, -0.1) is 0 Å². The number of aromatic nitrogens is 4. The summed E-state index contributed by atoms with van der Waals surface area (Å²) in [5.41, 5.74) is 0.279. The average molecular weight is 379 g/mol. The topological polar surface area (TPSA) is 91.3 Å². The van der Waals surface area contributed by atoms with E-state index in [4.69, 9.17) is 16.3 Å². The third kappa shape index (κ3) is 3.13. The maximum atomic E-state index is 12.5. The predicted molar refractivity (Wildman–Crippen MR) is 97.9 cm³/mol. The number of hydrogen-bond donors (Lipinski definition) is 1. The molecule has 26 heavy (non-hydrogen) atoms. The number of imidazole rings is 1. The molecule has 1 aromatic carbocycles. The quantitative estimate of drug-likeness (QED) is 0.664. The molecule has 0 aliphatic rings. The van der Waals surface area contributed by atoms with Crippen LogP contribution in [-0.4, -0.2) is 36.5 Å². The molecule has 3 rings (SSSR count). The zero-order valence-corrected chi connectivity index (χ0v) is 15.4. The molecule has 0 amide bonds. The molecule has 0 fully saturated rings. The molecule has 0 aliphatic carbocycles. The Bertz CT molecular complexity index is 1080. The first kappa shape index (κ1) is 18.2. The highest BCUT2D eigenvalue weighted by Gasteiger charge is 2.20. The Morgan fingerprint density at radius 2 is 1.92 bits per heavy atom. The van der Waals surface area contributed by atoms with Gasteiger partial charge in [0.2, 0.25) is 5.28 Å². The van der Waals surface area contributed by atoms with E-state index in [1.165, 1.54) is 23.2 Å². The van der Waals surface area contributed by atoms with Crippen LogP contribution in [0.15, 0.2) is 33.9 Å². The lowest BCUT2D eigenvalue weighted by Crippen LogP contribution is -2.38. The molecule has 0 saturated carbocycles. The van der Waals surface area contributed by atoms with Gasteiger partial charge in [-0.3, -0.25) is 13.9 Å². The monoisotopic (exact) mass is 378 g/mol. The Hall–Kier alpha value is -2.58. The van der Waals surface area contributed by atoms with Crippen LogP contribution in [0, 0.1) is 6.92 Å². The van der Waals surface area contributed by atoms with Gasteiger partial charge in [0.1, 0.15) is 18.5 Å². The third-order valence-electron chi connectivity index (χ3n) is 4.22. The highest BCUT2D eigenvalue weighted by molar-refractivity contribution is 6.29. The fraction of sp³-hybridized carbons (Fsp3) is 0.353. The Labute approximate surface area is 153 Å². The molecule has 1 N–H and O–H groups in total. The van der Waals surface area contributed by atoms with Crippen LogP contribution < -0.4 is 16.0 Å².